The highest BCUT2D eigenvalue weighted by atomic mass is 32.2. The lowest BCUT2D eigenvalue weighted by Crippen LogP contribution is -1.94. The molecule has 0 radical (unpaired) electrons. The van der Waals surface area contributed by atoms with Crippen molar-refractivity contribution in [3.63, 3.8) is 0 Å². The molecule has 120 valence electrons. The van der Waals surface area contributed by atoms with Gasteiger partial charge < -0.3 is 0 Å². The van der Waals surface area contributed by atoms with Crippen molar-refractivity contribution in [1.29, 1.82) is 0 Å². The molecular weight excluding hydrogens is 326 g/mol. The van der Waals surface area contributed by atoms with Gasteiger partial charge in [0, 0.05) is 23.4 Å². The van der Waals surface area contributed by atoms with Crippen LogP contribution in [0.4, 0.5) is 5.69 Å². The second-order valence-corrected chi connectivity index (χ2v) is 5.77. The van der Waals surface area contributed by atoms with E-state index in [-0.39, 0.29) is 5.69 Å². The molecule has 0 amide bonds. The summed E-state index contributed by atoms with van der Waals surface area (Å²) in [7, 11) is 0. The summed E-state index contributed by atoms with van der Waals surface area (Å²) >= 11 is 1.52. The van der Waals surface area contributed by atoms with E-state index in [9.17, 15) is 10.1 Å². The fraction of sp³-hybridized carbons (Fsp3) is 0.0625. The highest BCUT2D eigenvalue weighted by Gasteiger charge is 2.06. The van der Waals surface area contributed by atoms with Crippen LogP contribution >= 0.6 is 11.8 Å². The summed E-state index contributed by atoms with van der Waals surface area (Å²) in [4.78, 5) is 10.4. The summed E-state index contributed by atoms with van der Waals surface area (Å²) < 4.78 is 1.55. The molecule has 0 bridgehead atoms. The first-order valence-corrected chi connectivity index (χ1v) is 8.06. The van der Waals surface area contributed by atoms with E-state index in [2.05, 4.69) is 15.3 Å². The van der Waals surface area contributed by atoms with Gasteiger partial charge in [0.15, 0.2) is 0 Å². The molecule has 1 aromatic heterocycles. The minimum Gasteiger partial charge on any atom is -0.258 e. The molecule has 24 heavy (non-hydrogen) atoms. The molecular formula is C16H13N5O2S. The normalized spacial score (nSPS) is 11.0. The zero-order valence-corrected chi connectivity index (χ0v) is 13.3. The van der Waals surface area contributed by atoms with Crippen LogP contribution in [-0.2, 0) is 5.75 Å². The predicted molar refractivity (Wildman–Crippen MR) is 92.1 cm³/mol. The van der Waals surface area contributed by atoms with Gasteiger partial charge in [0.2, 0.25) is 5.16 Å². The average molecular weight is 339 g/mol. The summed E-state index contributed by atoms with van der Waals surface area (Å²) in [6, 6.07) is 16.3. The zero-order chi connectivity index (χ0) is 16.8. The topological polar surface area (TPSA) is 86.2 Å². The molecule has 2 aromatic carbocycles. The number of benzene rings is 2. The van der Waals surface area contributed by atoms with Gasteiger partial charge in [-0.15, -0.1) is 10.2 Å². The molecule has 0 unspecified atom stereocenters. The van der Waals surface area contributed by atoms with Gasteiger partial charge in [0.05, 0.1) is 11.1 Å². The first kappa shape index (κ1) is 15.9. The second-order valence-electron chi connectivity index (χ2n) is 4.83. The standard InChI is InChI=1S/C16H13N5O2S/c22-21(23)15-8-4-7-14(9-15)10-18-20-12-17-19-16(20)24-11-13-5-2-1-3-6-13/h1-10,12H,11H2/b18-10-. The summed E-state index contributed by atoms with van der Waals surface area (Å²) in [5.74, 6) is 0.756. The smallest absolute Gasteiger partial charge is 0.258 e. The maximum atomic E-state index is 10.8. The third-order valence-corrected chi connectivity index (χ3v) is 4.13. The third-order valence-electron chi connectivity index (χ3n) is 3.12. The Labute approximate surface area is 142 Å². The molecule has 0 aliphatic rings. The summed E-state index contributed by atoms with van der Waals surface area (Å²) in [5, 5.41) is 23.6. The molecule has 7 nitrogen and oxygen atoms in total. The Morgan fingerprint density at radius 3 is 2.83 bits per heavy atom. The number of non-ortho nitro benzene ring substituents is 1. The number of rotatable bonds is 6. The van der Waals surface area contributed by atoms with Gasteiger partial charge in [0.1, 0.15) is 6.33 Å². The van der Waals surface area contributed by atoms with Crippen molar-refractivity contribution >= 4 is 23.7 Å². The Morgan fingerprint density at radius 1 is 1.21 bits per heavy atom. The van der Waals surface area contributed by atoms with E-state index in [1.54, 1.807) is 23.0 Å². The van der Waals surface area contributed by atoms with Gasteiger partial charge in [-0.2, -0.15) is 9.78 Å². The quantitative estimate of drug-likeness (QED) is 0.297. The average Bonchev–Trinajstić information content (AvgIpc) is 3.07. The highest BCUT2D eigenvalue weighted by Crippen LogP contribution is 2.20. The molecule has 0 aliphatic heterocycles. The number of nitro benzene ring substituents is 1. The Morgan fingerprint density at radius 2 is 2.04 bits per heavy atom. The summed E-state index contributed by atoms with van der Waals surface area (Å²) in [6.45, 7) is 0. The monoisotopic (exact) mass is 339 g/mol. The molecule has 0 fully saturated rings. The van der Waals surface area contributed by atoms with Crippen LogP contribution < -0.4 is 0 Å². The van der Waals surface area contributed by atoms with Crippen LogP contribution in [0.3, 0.4) is 0 Å². The van der Waals surface area contributed by atoms with Crippen molar-refractivity contribution in [2.24, 2.45) is 5.10 Å². The Bertz CT molecular complexity index is 864. The third kappa shape index (κ3) is 4.05. The van der Waals surface area contributed by atoms with Crippen molar-refractivity contribution in [2.45, 2.75) is 10.9 Å². The lowest BCUT2D eigenvalue weighted by molar-refractivity contribution is -0.384. The second kappa shape index (κ2) is 7.51. The fourth-order valence-electron chi connectivity index (χ4n) is 1.96. The van der Waals surface area contributed by atoms with Gasteiger partial charge >= 0.3 is 0 Å². The number of nitro groups is 1. The van der Waals surface area contributed by atoms with Gasteiger partial charge in [0.25, 0.3) is 5.69 Å². The molecule has 0 aliphatic carbocycles. The van der Waals surface area contributed by atoms with Crippen LogP contribution in [0.1, 0.15) is 11.1 Å². The summed E-state index contributed by atoms with van der Waals surface area (Å²) in [6.07, 6.45) is 3.05. The van der Waals surface area contributed by atoms with E-state index >= 15 is 0 Å². The van der Waals surface area contributed by atoms with E-state index in [4.69, 9.17) is 0 Å². The van der Waals surface area contributed by atoms with Crippen LogP contribution in [0.25, 0.3) is 0 Å². The fourth-order valence-corrected chi connectivity index (χ4v) is 2.78. The highest BCUT2D eigenvalue weighted by molar-refractivity contribution is 7.98. The number of hydrogen-bond donors (Lipinski definition) is 0. The van der Waals surface area contributed by atoms with E-state index in [1.165, 1.54) is 35.8 Å². The Kier molecular flexibility index (Phi) is 4.97. The zero-order valence-electron chi connectivity index (χ0n) is 12.5. The molecule has 3 aromatic rings. The van der Waals surface area contributed by atoms with E-state index in [0.717, 1.165) is 5.75 Å². The van der Waals surface area contributed by atoms with Gasteiger partial charge in [-0.3, -0.25) is 10.1 Å². The minimum absolute atomic E-state index is 0.0291. The van der Waals surface area contributed by atoms with Crippen molar-refractivity contribution in [3.05, 3.63) is 82.2 Å². The molecule has 0 atom stereocenters. The van der Waals surface area contributed by atoms with Crippen molar-refractivity contribution in [1.82, 2.24) is 14.9 Å². The number of nitrogens with zero attached hydrogens (tertiary/aromatic N) is 5. The van der Waals surface area contributed by atoms with Gasteiger partial charge in [-0.1, -0.05) is 54.2 Å². The van der Waals surface area contributed by atoms with Gasteiger partial charge in [-0.25, -0.2) is 0 Å². The molecule has 1 heterocycles. The molecule has 0 N–H and O–H groups in total. The van der Waals surface area contributed by atoms with E-state index in [1.807, 2.05) is 30.3 Å². The molecule has 8 heteroatoms. The lowest BCUT2D eigenvalue weighted by Gasteiger charge is -2.01. The largest absolute Gasteiger partial charge is 0.270 e. The molecule has 3 rings (SSSR count). The Hall–Kier alpha value is -3.00. The van der Waals surface area contributed by atoms with Crippen LogP contribution in [0.2, 0.25) is 0 Å². The number of hydrogen-bond acceptors (Lipinski definition) is 6. The van der Waals surface area contributed by atoms with Crippen LogP contribution in [0, 0.1) is 10.1 Å². The number of thioether (sulfide) groups is 1. The molecule has 0 saturated heterocycles. The SMILES string of the molecule is O=[N+]([O-])c1cccc(/C=N\n2cnnc2SCc2ccccc2)c1. The van der Waals surface area contributed by atoms with Gasteiger partial charge in [-0.05, 0) is 5.56 Å². The summed E-state index contributed by atoms with van der Waals surface area (Å²) in [5.41, 5.74) is 1.85. The molecule has 0 spiro atoms. The van der Waals surface area contributed by atoms with Crippen LogP contribution in [0.15, 0.2) is 71.2 Å². The maximum Gasteiger partial charge on any atom is 0.270 e. The lowest BCUT2D eigenvalue weighted by atomic mass is 10.2. The number of aromatic nitrogens is 3. The molecule has 0 saturated carbocycles. The minimum atomic E-state index is -0.433. The van der Waals surface area contributed by atoms with E-state index in [0.29, 0.717) is 10.7 Å². The van der Waals surface area contributed by atoms with Crippen LogP contribution in [-0.4, -0.2) is 26.0 Å². The first-order chi connectivity index (χ1) is 11.7. The van der Waals surface area contributed by atoms with Crippen molar-refractivity contribution < 1.29 is 4.92 Å². The predicted octanol–water partition coefficient (Wildman–Crippen LogP) is 3.36. The van der Waals surface area contributed by atoms with Crippen molar-refractivity contribution in [3.8, 4) is 0 Å². The van der Waals surface area contributed by atoms with Crippen molar-refractivity contribution in [2.75, 3.05) is 0 Å². The first-order valence-electron chi connectivity index (χ1n) is 7.08. The van der Waals surface area contributed by atoms with Crippen LogP contribution in [0.5, 0.6) is 0 Å². The Balaban J connectivity index is 1.71. The van der Waals surface area contributed by atoms with E-state index < -0.39 is 4.92 Å². The maximum absolute atomic E-state index is 10.8.